The highest BCUT2D eigenvalue weighted by Gasteiger charge is 2.34. The van der Waals surface area contributed by atoms with Gasteiger partial charge in [0.1, 0.15) is 18.3 Å². The van der Waals surface area contributed by atoms with Crippen molar-refractivity contribution in [2.24, 2.45) is 0 Å². The Labute approximate surface area is 258 Å². The number of benzene rings is 3. The molecular formula is C31H37Cl2N3O5S. The Hall–Kier alpha value is -3.27. The van der Waals surface area contributed by atoms with Crippen LogP contribution in [0.25, 0.3) is 0 Å². The molecule has 0 spiro atoms. The van der Waals surface area contributed by atoms with E-state index in [1.807, 2.05) is 27.7 Å². The minimum Gasteiger partial charge on any atom is -0.494 e. The number of halogens is 2. The number of hydrogen-bond acceptors (Lipinski definition) is 5. The molecule has 42 heavy (non-hydrogen) atoms. The summed E-state index contributed by atoms with van der Waals surface area (Å²) in [7, 11) is -4.19. The molecular weight excluding hydrogens is 597 g/mol. The number of nitrogens with zero attached hydrogens (tertiary/aromatic N) is 2. The van der Waals surface area contributed by atoms with Gasteiger partial charge in [0.2, 0.25) is 11.8 Å². The summed E-state index contributed by atoms with van der Waals surface area (Å²) in [4.78, 5) is 28.8. The van der Waals surface area contributed by atoms with E-state index in [1.54, 1.807) is 61.5 Å². The predicted molar refractivity (Wildman–Crippen MR) is 168 cm³/mol. The number of aryl methyl sites for hydroxylation is 1. The lowest BCUT2D eigenvalue weighted by molar-refractivity contribution is -0.140. The van der Waals surface area contributed by atoms with Crippen LogP contribution in [0.4, 0.5) is 5.69 Å². The molecule has 1 N–H and O–H groups in total. The lowest BCUT2D eigenvalue weighted by Crippen LogP contribution is -2.53. The number of sulfonamides is 1. The molecule has 3 aromatic carbocycles. The Morgan fingerprint density at radius 3 is 2.12 bits per heavy atom. The smallest absolute Gasteiger partial charge is 0.264 e. The third kappa shape index (κ3) is 8.40. The van der Waals surface area contributed by atoms with Crippen LogP contribution in [0, 0.1) is 6.92 Å². The van der Waals surface area contributed by atoms with Crippen LogP contribution in [0.3, 0.4) is 0 Å². The minimum absolute atomic E-state index is 0.0000431. The van der Waals surface area contributed by atoms with Crippen LogP contribution >= 0.6 is 23.2 Å². The number of anilines is 1. The molecule has 3 aromatic rings. The first-order valence-electron chi connectivity index (χ1n) is 13.7. The van der Waals surface area contributed by atoms with Gasteiger partial charge in [-0.3, -0.25) is 13.9 Å². The number of hydrogen-bond donors (Lipinski definition) is 1. The molecule has 0 saturated carbocycles. The maximum atomic E-state index is 14.1. The van der Waals surface area contributed by atoms with Gasteiger partial charge in [-0.1, -0.05) is 53.9 Å². The first-order valence-corrected chi connectivity index (χ1v) is 15.9. The molecule has 0 aliphatic carbocycles. The van der Waals surface area contributed by atoms with E-state index in [0.29, 0.717) is 40.1 Å². The fraction of sp³-hybridized carbons (Fsp3) is 0.355. The Morgan fingerprint density at radius 1 is 0.929 bits per heavy atom. The number of rotatable bonds is 13. The second-order valence-corrected chi connectivity index (χ2v) is 12.8. The van der Waals surface area contributed by atoms with Gasteiger partial charge in [0, 0.05) is 12.6 Å². The van der Waals surface area contributed by atoms with Crippen LogP contribution in [0.2, 0.25) is 10.0 Å². The second kappa shape index (κ2) is 14.8. The Balaban J connectivity index is 2.06. The largest absolute Gasteiger partial charge is 0.494 e. The average Bonchev–Trinajstić information content (AvgIpc) is 2.94. The van der Waals surface area contributed by atoms with Gasteiger partial charge in [-0.25, -0.2) is 8.42 Å². The summed E-state index contributed by atoms with van der Waals surface area (Å²) in [5, 5.41) is 3.54. The van der Waals surface area contributed by atoms with E-state index in [2.05, 4.69) is 5.32 Å². The zero-order chi connectivity index (χ0) is 31.0. The van der Waals surface area contributed by atoms with Gasteiger partial charge in [-0.15, -0.1) is 0 Å². The zero-order valence-corrected chi connectivity index (χ0v) is 26.8. The highest BCUT2D eigenvalue weighted by atomic mass is 35.5. The van der Waals surface area contributed by atoms with Crippen molar-refractivity contribution in [2.45, 2.75) is 64.6 Å². The molecule has 0 heterocycles. The van der Waals surface area contributed by atoms with Crippen LogP contribution in [-0.2, 0) is 26.2 Å². The minimum atomic E-state index is -4.19. The first-order chi connectivity index (χ1) is 19.9. The maximum absolute atomic E-state index is 14.1. The fourth-order valence-corrected chi connectivity index (χ4v) is 6.11. The van der Waals surface area contributed by atoms with Crippen LogP contribution in [0.5, 0.6) is 5.75 Å². The quantitative estimate of drug-likeness (QED) is 0.241. The van der Waals surface area contributed by atoms with Gasteiger partial charge < -0.3 is 15.0 Å². The first kappa shape index (κ1) is 33.2. The summed E-state index contributed by atoms with van der Waals surface area (Å²) in [5.41, 5.74) is 1.89. The summed E-state index contributed by atoms with van der Waals surface area (Å²) in [6, 6.07) is 16.9. The lowest BCUT2D eigenvalue weighted by Gasteiger charge is -2.33. The van der Waals surface area contributed by atoms with Gasteiger partial charge in [-0.05, 0) is 88.2 Å². The number of amides is 2. The highest BCUT2D eigenvalue weighted by molar-refractivity contribution is 7.92. The standard InChI is InChI=1S/C31H37Cl2N3O5S/c1-6-29(31(38)34-21(3)4)35(19-23-10-17-27(32)28(33)18-23)30(37)20-36(24-11-8-22(5)9-12-24)42(39,40)26-15-13-25(14-16-26)41-7-2/h8-18,21,29H,6-7,19-20H2,1-5H3,(H,34,38)/t29-/m0/s1. The molecule has 1 atom stereocenters. The molecule has 0 fully saturated rings. The van der Waals surface area contributed by atoms with E-state index in [9.17, 15) is 18.0 Å². The van der Waals surface area contributed by atoms with E-state index in [-0.39, 0.29) is 23.4 Å². The van der Waals surface area contributed by atoms with E-state index >= 15 is 0 Å². The summed E-state index contributed by atoms with van der Waals surface area (Å²) < 4.78 is 34.5. The SMILES string of the molecule is CCOc1ccc(S(=O)(=O)N(CC(=O)N(Cc2ccc(Cl)c(Cl)c2)[C@@H](CC)C(=O)NC(C)C)c2ccc(C)cc2)cc1. The Morgan fingerprint density at radius 2 is 1.57 bits per heavy atom. The molecule has 3 rings (SSSR count). The van der Waals surface area contributed by atoms with Crippen molar-refractivity contribution < 1.29 is 22.7 Å². The Kier molecular flexibility index (Phi) is 11.7. The summed E-state index contributed by atoms with van der Waals surface area (Å²) >= 11 is 12.3. The van der Waals surface area contributed by atoms with Gasteiger partial charge in [0.25, 0.3) is 10.0 Å². The number of carbonyl (C=O) groups excluding carboxylic acids is 2. The fourth-order valence-electron chi connectivity index (χ4n) is 4.38. The molecule has 8 nitrogen and oxygen atoms in total. The van der Waals surface area contributed by atoms with Crippen LogP contribution in [0.1, 0.15) is 45.2 Å². The van der Waals surface area contributed by atoms with Crippen molar-refractivity contribution in [1.29, 1.82) is 0 Å². The van der Waals surface area contributed by atoms with Gasteiger partial charge in [0.15, 0.2) is 0 Å². The van der Waals surface area contributed by atoms with Crippen molar-refractivity contribution >= 4 is 50.7 Å². The molecule has 0 aliphatic heterocycles. The number of carbonyl (C=O) groups is 2. The number of nitrogens with one attached hydrogen (secondary N) is 1. The lowest BCUT2D eigenvalue weighted by atomic mass is 10.1. The van der Waals surface area contributed by atoms with E-state index in [4.69, 9.17) is 27.9 Å². The van der Waals surface area contributed by atoms with E-state index < -0.39 is 28.5 Å². The van der Waals surface area contributed by atoms with Gasteiger partial charge in [-0.2, -0.15) is 0 Å². The van der Waals surface area contributed by atoms with Crippen molar-refractivity contribution in [1.82, 2.24) is 10.2 Å². The van der Waals surface area contributed by atoms with Crippen molar-refractivity contribution in [3.8, 4) is 5.75 Å². The molecule has 226 valence electrons. The maximum Gasteiger partial charge on any atom is 0.264 e. The molecule has 0 saturated heterocycles. The zero-order valence-electron chi connectivity index (χ0n) is 24.4. The summed E-state index contributed by atoms with van der Waals surface area (Å²) in [6.07, 6.45) is 0.307. The topological polar surface area (TPSA) is 96.0 Å². The van der Waals surface area contributed by atoms with Crippen LogP contribution < -0.4 is 14.4 Å². The summed E-state index contributed by atoms with van der Waals surface area (Å²) in [6.45, 7) is 9.11. The third-order valence-corrected chi connectivity index (χ3v) is 9.00. The van der Waals surface area contributed by atoms with E-state index in [0.717, 1.165) is 9.87 Å². The van der Waals surface area contributed by atoms with Crippen molar-refractivity contribution in [2.75, 3.05) is 17.5 Å². The van der Waals surface area contributed by atoms with Crippen molar-refractivity contribution in [3.05, 3.63) is 87.9 Å². The Bertz CT molecular complexity index is 1480. The van der Waals surface area contributed by atoms with Crippen molar-refractivity contribution in [3.63, 3.8) is 0 Å². The van der Waals surface area contributed by atoms with Crippen LogP contribution in [-0.4, -0.2) is 50.4 Å². The molecule has 0 aliphatic rings. The highest BCUT2D eigenvalue weighted by Crippen LogP contribution is 2.28. The second-order valence-electron chi connectivity index (χ2n) is 10.1. The van der Waals surface area contributed by atoms with Gasteiger partial charge in [0.05, 0.1) is 27.2 Å². The van der Waals surface area contributed by atoms with Crippen LogP contribution in [0.15, 0.2) is 71.6 Å². The van der Waals surface area contributed by atoms with Gasteiger partial charge >= 0.3 is 0 Å². The normalized spacial score (nSPS) is 12.1. The predicted octanol–water partition coefficient (Wildman–Crippen LogP) is 6.23. The number of ether oxygens (including phenoxy) is 1. The molecule has 0 unspecified atom stereocenters. The van der Waals surface area contributed by atoms with E-state index in [1.165, 1.54) is 17.0 Å². The third-order valence-electron chi connectivity index (χ3n) is 6.48. The molecule has 0 aromatic heterocycles. The monoisotopic (exact) mass is 633 g/mol. The molecule has 2 amide bonds. The average molecular weight is 635 g/mol. The molecule has 11 heteroatoms. The molecule has 0 bridgehead atoms. The molecule has 0 radical (unpaired) electrons. The summed E-state index contributed by atoms with van der Waals surface area (Å²) in [5.74, 6) is -0.358.